The average molecular weight is 396 g/mol. The van der Waals surface area contributed by atoms with Gasteiger partial charge in [-0.3, -0.25) is 4.90 Å². The molecule has 2 aromatic heterocycles. The van der Waals surface area contributed by atoms with Crippen LogP contribution < -0.4 is 9.47 Å². The summed E-state index contributed by atoms with van der Waals surface area (Å²) in [6.07, 6.45) is 6.50. The first kappa shape index (κ1) is 19.7. The molecule has 1 fully saturated rings. The third-order valence-electron chi connectivity index (χ3n) is 5.54. The SMILES string of the molecule is COc1cc(COCC2CCN(Cc3cn4ccccc4n3)CC2)cc(OC)c1. The third-order valence-corrected chi connectivity index (χ3v) is 5.54. The molecule has 0 spiro atoms. The van der Waals surface area contributed by atoms with E-state index in [2.05, 4.69) is 15.5 Å². The molecule has 1 saturated heterocycles. The molecule has 0 radical (unpaired) electrons. The summed E-state index contributed by atoms with van der Waals surface area (Å²) in [7, 11) is 3.33. The first-order chi connectivity index (χ1) is 14.2. The van der Waals surface area contributed by atoms with Crippen molar-refractivity contribution in [1.82, 2.24) is 14.3 Å². The van der Waals surface area contributed by atoms with Crippen LogP contribution in [0.25, 0.3) is 5.65 Å². The van der Waals surface area contributed by atoms with Crippen LogP contribution in [0.5, 0.6) is 11.5 Å². The van der Waals surface area contributed by atoms with E-state index in [1.165, 1.54) is 0 Å². The molecule has 4 rings (SSSR count). The number of imidazole rings is 1. The number of piperidine rings is 1. The van der Waals surface area contributed by atoms with Crippen molar-refractivity contribution in [3.8, 4) is 11.5 Å². The van der Waals surface area contributed by atoms with E-state index in [9.17, 15) is 0 Å². The van der Waals surface area contributed by atoms with Crippen LogP contribution >= 0.6 is 0 Å². The number of rotatable bonds is 8. The summed E-state index contributed by atoms with van der Waals surface area (Å²) >= 11 is 0. The van der Waals surface area contributed by atoms with Gasteiger partial charge in [0.25, 0.3) is 0 Å². The zero-order valence-corrected chi connectivity index (χ0v) is 17.2. The number of hydrogen-bond acceptors (Lipinski definition) is 5. The van der Waals surface area contributed by atoms with Gasteiger partial charge in [-0.2, -0.15) is 0 Å². The van der Waals surface area contributed by atoms with Gasteiger partial charge in [0.05, 0.1) is 26.5 Å². The summed E-state index contributed by atoms with van der Waals surface area (Å²) in [5, 5.41) is 0. The molecule has 29 heavy (non-hydrogen) atoms. The molecule has 1 aromatic carbocycles. The predicted octanol–water partition coefficient (Wildman–Crippen LogP) is 3.78. The molecule has 154 valence electrons. The van der Waals surface area contributed by atoms with E-state index in [1.807, 2.05) is 42.6 Å². The van der Waals surface area contributed by atoms with Gasteiger partial charge in [-0.1, -0.05) is 6.07 Å². The lowest BCUT2D eigenvalue weighted by Crippen LogP contribution is -2.34. The minimum Gasteiger partial charge on any atom is -0.497 e. The Morgan fingerprint density at radius 2 is 1.79 bits per heavy atom. The van der Waals surface area contributed by atoms with Gasteiger partial charge in [0.15, 0.2) is 0 Å². The maximum absolute atomic E-state index is 6.01. The molecular formula is C23H29N3O3. The van der Waals surface area contributed by atoms with Gasteiger partial charge in [0.2, 0.25) is 0 Å². The molecule has 3 aromatic rings. The smallest absolute Gasteiger partial charge is 0.137 e. The van der Waals surface area contributed by atoms with Gasteiger partial charge in [0.1, 0.15) is 17.1 Å². The lowest BCUT2D eigenvalue weighted by atomic mass is 9.98. The fourth-order valence-electron chi connectivity index (χ4n) is 3.90. The second-order valence-electron chi connectivity index (χ2n) is 7.65. The van der Waals surface area contributed by atoms with Gasteiger partial charge < -0.3 is 18.6 Å². The second kappa shape index (κ2) is 9.29. The van der Waals surface area contributed by atoms with Crippen LogP contribution in [0.1, 0.15) is 24.1 Å². The van der Waals surface area contributed by atoms with Crippen LogP contribution in [0, 0.1) is 5.92 Å². The second-order valence-corrected chi connectivity index (χ2v) is 7.65. The summed E-state index contributed by atoms with van der Waals surface area (Å²) in [5.74, 6) is 2.20. The van der Waals surface area contributed by atoms with Crippen LogP contribution in [0.3, 0.4) is 0 Å². The molecule has 0 atom stereocenters. The minimum atomic E-state index is 0.578. The summed E-state index contributed by atoms with van der Waals surface area (Å²) in [4.78, 5) is 7.20. The maximum Gasteiger partial charge on any atom is 0.137 e. The van der Waals surface area contributed by atoms with Crippen molar-refractivity contribution in [2.45, 2.75) is 26.0 Å². The summed E-state index contributed by atoms with van der Waals surface area (Å²) in [6, 6.07) is 12.0. The number of aromatic nitrogens is 2. The van der Waals surface area contributed by atoms with Crippen LogP contribution in [0.2, 0.25) is 0 Å². The van der Waals surface area contributed by atoms with Gasteiger partial charge >= 0.3 is 0 Å². The highest BCUT2D eigenvalue weighted by molar-refractivity contribution is 5.39. The Kier molecular flexibility index (Phi) is 6.32. The standard InChI is InChI=1S/C23H29N3O3/c1-27-21-11-19(12-22(13-21)28-2)17-29-16-18-6-9-25(10-7-18)14-20-15-26-8-4-3-5-23(26)24-20/h3-5,8,11-13,15,18H,6-7,9-10,14,16-17H2,1-2H3. The number of hydrogen-bond donors (Lipinski definition) is 0. The lowest BCUT2D eigenvalue weighted by molar-refractivity contribution is 0.0559. The zero-order valence-electron chi connectivity index (χ0n) is 17.2. The van der Waals surface area contributed by atoms with Crippen molar-refractivity contribution in [3.63, 3.8) is 0 Å². The Morgan fingerprint density at radius 1 is 1.03 bits per heavy atom. The fourth-order valence-corrected chi connectivity index (χ4v) is 3.90. The molecule has 6 nitrogen and oxygen atoms in total. The van der Waals surface area contributed by atoms with E-state index in [0.29, 0.717) is 12.5 Å². The Morgan fingerprint density at radius 3 is 2.48 bits per heavy atom. The van der Waals surface area contributed by atoms with Gasteiger partial charge in [-0.15, -0.1) is 0 Å². The highest BCUT2D eigenvalue weighted by Crippen LogP contribution is 2.24. The number of ether oxygens (including phenoxy) is 3. The minimum absolute atomic E-state index is 0.578. The monoisotopic (exact) mass is 395 g/mol. The summed E-state index contributed by atoms with van der Waals surface area (Å²) in [5.41, 5.74) is 3.23. The molecule has 6 heteroatoms. The van der Waals surface area contributed by atoms with Crippen molar-refractivity contribution in [2.24, 2.45) is 5.92 Å². The lowest BCUT2D eigenvalue weighted by Gasteiger charge is -2.31. The van der Waals surface area contributed by atoms with Crippen molar-refractivity contribution in [2.75, 3.05) is 33.9 Å². The van der Waals surface area contributed by atoms with Crippen molar-refractivity contribution in [1.29, 1.82) is 0 Å². The number of benzene rings is 1. The van der Waals surface area contributed by atoms with E-state index >= 15 is 0 Å². The molecule has 3 heterocycles. The van der Waals surface area contributed by atoms with Crippen molar-refractivity contribution in [3.05, 3.63) is 60.0 Å². The molecule has 0 aliphatic carbocycles. The number of nitrogens with zero attached hydrogens (tertiary/aromatic N) is 3. The van der Waals surface area contributed by atoms with Crippen LogP contribution in [-0.2, 0) is 17.9 Å². The number of pyridine rings is 1. The molecule has 0 bridgehead atoms. The Hall–Kier alpha value is -2.57. The van der Waals surface area contributed by atoms with Crippen molar-refractivity contribution >= 4 is 5.65 Å². The number of methoxy groups -OCH3 is 2. The van der Waals surface area contributed by atoms with E-state index in [0.717, 1.165) is 67.5 Å². The Labute approximate surface area is 172 Å². The normalized spacial score (nSPS) is 15.7. The van der Waals surface area contributed by atoms with E-state index < -0.39 is 0 Å². The first-order valence-corrected chi connectivity index (χ1v) is 10.2. The third kappa shape index (κ3) is 5.08. The van der Waals surface area contributed by atoms with E-state index in [-0.39, 0.29) is 0 Å². The van der Waals surface area contributed by atoms with Gasteiger partial charge in [0, 0.05) is 31.6 Å². The molecule has 1 aliphatic rings. The zero-order chi connectivity index (χ0) is 20.1. The predicted molar refractivity (Wildman–Crippen MR) is 112 cm³/mol. The maximum atomic E-state index is 6.01. The first-order valence-electron chi connectivity index (χ1n) is 10.2. The summed E-state index contributed by atoms with van der Waals surface area (Å²) < 4.78 is 18.7. The van der Waals surface area contributed by atoms with Crippen LogP contribution in [0.15, 0.2) is 48.8 Å². The molecule has 0 saturated carbocycles. The van der Waals surface area contributed by atoms with Crippen molar-refractivity contribution < 1.29 is 14.2 Å². The van der Waals surface area contributed by atoms with E-state index in [4.69, 9.17) is 19.2 Å². The van der Waals surface area contributed by atoms with Gasteiger partial charge in [-0.05, 0) is 61.7 Å². The van der Waals surface area contributed by atoms with Crippen LogP contribution in [0.4, 0.5) is 0 Å². The molecule has 0 N–H and O–H groups in total. The fraction of sp³-hybridized carbons (Fsp3) is 0.435. The molecule has 0 unspecified atom stereocenters. The molecule has 0 amide bonds. The quantitative estimate of drug-likeness (QED) is 0.581. The Balaban J connectivity index is 1.22. The van der Waals surface area contributed by atoms with Crippen LogP contribution in [-0.4, -0.2) is 48.2 Å². The average Bonchev–Trinajstić information content (AvgIpc) is 3.17. The summed E-state index contributed by atoms with van der Waals surface area (Å²) in [6.45, 7) is 4.47. The number of fused-ring (bicyclic) bond motifs is 1. The molecular weight excluding hydrogens is 366 g/mol. The molecule has 1 aliphatic heterocycles. The highest BCUT2D eigenvalue weighted by Gasteiger charge is 2.20. The topological polar surface area (TPSA) is 48.2 Å². The number of likely N-dealkylation sites (tertiary alicyclic amines) is 1. The Bertz CT molecular complexity index is 877. The largest absolute Gasteiger partial charge is 0.497 e. The highest BCUT2D eigenvalue weighted by atomic mass is 16.5. The van der Waals surface area contributed by atoms with E-state index in [1.54, 1.807) is 14.2 Å². The van der Waals surface area contributed by atoms with Gasteiger partial charge in [-0.25, -0.2) is 4.98 Å².